The molecule has 2 fully saturated rings. The molecule has 0 aliphatic carbocycles. The van der Waals surface area contributed by atoms with Crippen molar-refractivity contribution in [3.63, 3.8) is 0 Å². The number of benzene rings is 2. The van der Waals surface area contributed by atoms with Crippen LogP contribution in [0.4, 0.5) is 9.59 Å². The van der Waals surface area contributed by atoms with Gasteiger partial charge in [0.15, 0.2) is 0 Å². The van der Waals surface area contributed by atoms with Crippen LogP contribution in [0.3, 0.4) is 0 Å². The van der Waals surface area contributed by atoms with E-state index in [1.54, 1.807) is 4.90 Å². The summed E-state index contributed by atoms with van der Waals surface area (Å²) in [5.41, 5.74) is 0.951. The van der Waals surface area contributed by atoms with E-state index in [2.05, 4.69) is 29.6 Å². The van der Waals surface area contributed by atoms with Crippen molar-refractivity contribution in [2.75, 3.05) is 19.6 Å². The lowest BCUT2D eigenvalue weighted by Crippen LogP contribution is -2.51. The average molecular weight is 422 g/mol. The second kappa shape index (κ2) is 8.25. The molecule has 0 aromatic heterocycles. The van der Waals surface area contributed by atoms with Crippen molar-refractivity contribution in [1.29, 1.82) is 0 Å². The summed E-state index contributed by atoms with van der Waals surface area (Å²) >= 11 is 0. The molecule has 2 aliphatic rings. The van der Waals surface area contributed by atoms with Gasteiger partial charge in [-0.2, -0.15) is 0 Å². The van der Waals surface area contributed by atoms with Gasteiger partial charge in [-0.25, -0.2) is 9.59 Å². The Morgan fingerprint density at radius 2 is 1.61 bits per heavy atom. The highest BCUT2D eigenvalue weighted by atomic mass is 16.6. The molecule has 4 rings (SSSR count). The summed E-state index contributed by atoms with van der Waals surface area (Å²) in [6.07, 6.45) is 1.40. The lowest BCUT2D eigenvalue weighted by molar-refractivity contribution is 0.0140. The minimum Gasteiger partial charge on any atom is -0.444 e. The number of carbonyl (C=O) groups is 2. The number of nitrogens with one attached hydrogen (secondary N) is 1. The molecule has 31 heavy (non-hydrogen) atoms. The maximum Gasteiger partial charge on any atom is 0.410 e. The molecule has 1 atom stereocenters. The zero-order valence-corrected chi connectivity index (χ0v) is 18.5. The van der Waals surface area contributed by atoms with Gasteiger partial charge in [0.2, 0.25) is 0 Å². The van der Waals surface area contributed by atoms with E-state index >= 15 is 0 Å². The third kappa shape index (κ3) is 4.38. The van der Waals surface area contributed by atoms with Crippen LogP contribution < -0.4 is 5.32 Å². The molecule has 2 saturated heterocycles. The van der Waals surface area contributed by atoms with Gasteiger partial charge in [-0.3, -0.25) is 0 Å². The smallest absolute Gasteiger partial charge is 0.410 e. The third-order valence-corrected chi connectivity index (χ3v) is 6.01. The molecule has 0 radical (unpaired) electrons. The topological polar surface area (TPSA) is 61.9 Å². The van der Waals surface area contributed by atoms with Crippen LogP contribution in [0.25, 0.3) is 0 Å². The van der Waals surface area contributed by atoms with Gasteiger partial charge >= 0.3 is 12.1 Å². The second-order valence-electron chi connectivity index (χ2n) is 9.42. The van der Waals surface area contributed by atoms with Crippen molar-refractivity contribution in [3.05, 3.63) is 71.8 Å². The molecule has 0 spiro atoms. The molecule has 3 amide bonds. The Kier molecular flexibility index (Phi) is 5.65. The van der Waals surface area contributed by atoms with Gasteiger partial charge in [-0.15, -0.1) is 0 Å². The van der Waals surface area contributed by atoms with Crippen molar-refractivity contribution in [3.8, 4) is 0 Å². The van der Waals surface area contributed by atoms with Crippen LogP contribution >= 0.6 is 0 Å². The van der Waals surface area contributed by atoms with Crippen molar-refractivity contribution >= 4 is 12.1 Å². The lowest BCUT2D eigenvalue weighted by atomic mass is 9.83. The average Bonchev–Trinajstić information content (AvgIpc) is 3.12. The van der Waals surface area contributed by atoms with Crippen molar-refractivity contribution in [1.82, 2.24) is 15.1 Å². The molecule has 1 N–H and O–H groups in total. The molecular weight excluding hydrogens is 390 g/mol. The number of nitrogens with zero attached hydrogens (tertiary/aromatic N) is 2. The first kappa shape index (κ1) is 21.2. The van der Waals surface area contributed by atoms with E-state index in [1.165, 1.54) is 0 Å². The third-order valence-electron chi connectivity index (χ3n) is 6.01. The molecule has 0 saturated carbocycles. The number of amides is 3. The van der Waals surface area contributed by atoms with Crippen LogP contribution in [0.5, 0.6) is 0 Å². The first-order valence-electron chi connectivity index (χ1n) is 11.0. The maximum absolute atomic E-state index is 13.2. The molecule has 164 valence electrons. The SMILES string of the molecule is CC(C)(C)OC(=O)N1CCCC(N2CC(c3ccccc3)(c3ccccc3)NC2=O)C1. The fraction of sp³-hybridized carbons (Fsp3) is 0.440. The summed E-state index contributed by atoms with van der Waals surface area (Å²) in [6, 6.07) is 20.1. The van der Waals surface area contributed by atoms with Gasteiger partial charge in [0, 0.05) is 13.1 Å². The predicted molar refractivity (Wildman–Crippen MR) is 120 cm³/mol. The first-order chi connectivity index (χ1) is 14.8. The molecule has 1 unspecified atom stereocenters. The van der Waals surface area contributed by atoms with Crippen LogP contribution in [0.2, 0.25) is 0 Å². The quantitative estimate of drug-likeness (QED) is 0.801. The summed E-state index contributed by atoms with van der Waals surface area (Å²) < 4.78 is 5.56. The number of likely N-dealkylation sites (tertiary alicyclic amines) is 1. The Balaban J connectivity index is 1.59. The largest absolute Gasteiger partial charge is 0.444 e. The van der Waals surface area contributed by atoms with Crippen LogP contribution in [-0.2, 0) is 10.3 Å². The van der Waals surface area contributed by atoms with E-state index in [1.807, 2.05) is 62.1 Å². The van der Waals surface area contributed by atoms with E-state index in [-0.39, 0.29) is 18.2 Å². The Morgan fingerprint density at radius 3 is 2.16 bits per heavy atom. The number of hydrogen-bond donors (Lipinski definition) is 1. The van der Waals surface area contributed by atoms with Gasteiger partial charge in [0.1, 0.15) is 11.1 Å². The fourth-order valence-electron chi connectivity index (χ4n) is 4.56. The van der Waals surface area contributed by atoms with Crippen LogP contribution in [0.15, 0.2) is 60.7 Å². The zero-order chi connectivity index (χ0) is 22.1. The Labute approximate surface area is 184 Å². The van der Waals surface area contributed by atoms with Gasteiger partial charge in [0.05, 0.1) is 12.6 Å². The molecule has 6 nitrogen and oxygen atoms in total. The maximum atomic E-state index is 13.2. The van der Waals surface area contributed by atoms with Gasteiger partial charge in [-0.05, 0) is 44.7 Å². The standard InChI is InChI=1S/C25H31N3O3/c1-24(2,3)31-23(30)27-16-10-15-21(17-27)28-18-25(26-22(28)29,19-11-6-4-7-12-19)20-13-8-5-9-14-20/h4-9,11-14,21H,10,15-18H2,1-3H3,(H,26,29). The number of rotatable bonds is 3. The monoisotopic (exact) mass is 421 g/mol. The Hall–Kier alpha value is -3.02. The van der Waals surface area contributed by atoms with E-state index < -0.39 is 11.1 Å². The highest BCUT2D eigenvalue weighted by molar-refractivity contribution is 5.80. The van der Waals surface area contributed by atoms with E-state index in [9.17, 15) is 9.59 Å². The highest BCUT2D eigenvalue weighted by Gasteiger charge is 2.48. The Morgan fingerprint density at radius 1 is 1.03 bits per heavy atom. The minimum atomic E-state index is -0.617. The molecule has 6 heteroatoms. The van der Waals surface area contributed by atoms with E-state index in [4.69, 9.17) is 4.74 Å². The van der Waals surface area contributed by atoms with Crippen molar-refractivity contribution in [2.45, 2.75) is 50.8 Å². The van der Waals surface area contributed by atoms with E-state index in [0.717, 1.165) is 24.0 Å². The fourth-order valence-corrected chi connectivity index (χ4v) is 4.56. The van der Waals surface area contributed by atoms with Gasteiger partial charge in [-0.1, -0.05) is 60.7 Å². The van der Waals surface area contributed by atoms with Gasteiger partial charge in [0.25, 0.3) is 0 Å². The lowest BCUT2D eigenvalue weighted by Gasteiger charge is -2.38. The van der Waals surface area contributed by atoms with Crippen molar-refractivity contribution in [2.24, 2.45) is 0 Å². The van der Waals surface area contributed by atoms with Crippen LogP contribution in [0.1, 0.15) is 44.7 Å². The minimum absolute atomic E-state index is 0.0458. The second-order valence-corrected chi connectivity index (χ2v) is 9.42. The molecule has 2 heterocycles. The molecule has 0 bridgehead atoms. The zero-order valence-electron chi connectivity index (χ0n) is 18.5. The number of hydrogen-bond acceptors (Lipinski definition) is 3. The molecule has 2 aromatic rings. The number of piperidine rings is 1. The van der Waals surface area contributed by atoms with Crippen LogP contribution in [-0.4, -0.2) is 53.2 Å². The highest BCUT2D eigenvalue weighted by Crippen LogP contribution is 2.36. The molecule has 2 aromatic carbocycles. The number of urea groups is 1. The molecular formula is C25H31N3O3. The summed E-state index contributed by atoms with van der Waals surface area (Å²) in [7, 11) is 0. The first-order valence-corrected chi connectivity index (χ1v) is 11.0. The normalized spacial score (nSPS) is 21.0. The number of carbonyl (C=O) groups excluding carboxylic acids is 2. The summed E-state index contributed by atoms with van der Waals surface area (Å²) in [6.45, 7) is 7.27. The Bertz CT molecular complexity index is 885. The summed E-state index contributed by atoms with van der Waals surface area (Å²) in [5, 5.41) is 3.28. The predicted octanol–water partition coefficient (Wildman–Crippen LogP) is 4.35. The van der Waals surface area contributed by atoms with Gasteiger partial charge < -0.3 is 19.9 Å². The summed E-state index contributed by atoms with van der Waals surface area (Å²) in [5.74, 6) is 0. The van der Waals surface area contributed by atoms with Crippen molar-refractivity contribution < 1.29 is 14.3 Å². The number of ether oxygens (including phenoxy) is 1. The molecule has 2 aliphatic heterocycles. The summed E-state index contributed by atoms with van der Waals surface area (Å²) in [4.78, 5) is 29.5. The van der Waals surface area contributed by atoms with E-state index in [0.29, 0.717) is 19.6 Å². The van der Waals surface area contributed by atoms with Crippen LogP contribution in [0, 0.1) is 0 Å².